The van der Waals surface area contributed by atoms with E-state index in [0.29, 0.717) is 11.1 Å². The number of ether oxygens (including phenoxy) is 1. The summed E-state index contributed by atoms with van der Waals surface area (Å²) < 4.78 is 19.5. The zero-order valence-corrected chi connectivity index (χ0v) is 12.7. The summed E-state index contributed by atoms with van der Waals surface area (Å²) in [6.45, 7) is 1.25. The summed E-state index contributed by atoms with van der Waals surface area (Å²) in [5, 5.41) is 0. The average molecular weight is 335 g/mol. The largest absolute Gasteiger partial charge is 0.376 e. The van der Waals surface area contributed by atoms with Gasteiger partial charge in [0, 0.05) is 5.41 Å². The highest BCUT2D eigenvalue weighted by molar-refractivity contribution is 9.10. The molecule has 0 heterocycles. The van der Waals surface area contributed by atoms with Gasteiger partial charge in [-0.1, -0.05) is 36.4 Å². The minimum absolute atomic E-state index is 0.207. The first-order valence-electron chi connectivity index (χ1n) is 6.77. The van der Waals surface area contributed by atoms with Crippen molar-refractivity contribution in [1.29, 1.82) is 0 Å². The maximum Gasteiger partial charge on any atom is 0.137 e. The van der Waals surface area contributed by atoms with Crippen LogP contribution in [0.25, 0.3) is 0 Å². The van der Waals surface area contributed by atoms with Gasteiger partial charge in [-0.15, -0.1) is 0 Å². The van der Waals surface area contributed by atoms with Crippen LogP contribution in [0.2, 0.25) is 0 Å². The fourth-order valence-corrected chi connectivity index (χ4v) is 2.88. The fourth-order valence-electron chi connectivity index (χ4n) is 2.45. The summed E-state index contributed by atoms with van der Waals surface area (Å²) in [6.07, 6.45) is 2.37. The molecule has 0 N–H and O–H groups in total. The summed E-state index contributed by atoms with van der Waals surface area (Å²) in [7, 11) is 0. The zero-order chi connectivity index (χ0) is 14.0. The first kappa shape index (κ1) is 13.8. The van der Waals surface area contributed by atoms with Gasteiger partial charge in [-0.3, -0.25) is 0 Å². The van der Waals surface area contributed by atoms with Crippen molar-refractivity contribution in [2.45, 2.75) is 24.9 Å². The Hall–Kier alpha value is -1.19. The molecule has 0 unspecified atom stereocenters. The van der Waals surface area contributed by atoms with Crippen molar-refractivity contribution in [1.82, 2.24) is 0 Å². The average Bonchev–Trinajstić information content (AvgIpc) is 3.25. The Morgan fingerprint density at radius 1 is 1.10 bits per heavy atom. The normalized spacial score (nSPS) is 16.1. The molecule has 0 amide bonds. The van der Waals surface area contributed by atoms with Crippen LogP contribution in [0.5, 0.6) is 0 Å². The Bertz CT molecular complexity index is 593. The first-order valence-corrected chi connectivity index (χ1v) is 7.56. The SMILES string of the molecule is Fc1ccc(COCC2(c3ccccc3)CC2)cc1Br. The molecule has 3 heteroatoms. The van der Waals surface area contributed by atoms with Gasteiger partial charge >= 0.3 is 0 Å². The molecule has 0 spiro atoms. The maximum atomic E-state index is 13.2. The van der Waals surface area contributed by atoms with Crippen molar-refractivity contribution in [3.05, 3.63) is 69.9 Å². The predicted molar refractivity (Wildman–Crippen MR) is 81.1 cm³/mol. The third-order valence-corrected chi connectivity index (χ3v) is 4.48. The van der Waals surface area contributed by atoms with Crippen LogP contribution < -0.4 is 0 Å². The third-order valence-electron chi connectivity index (χ3n) is 3.87. The van der Waals surface area contributed by atoms with E-state index in [2.05, 4.69) is 40.2 Å². The minimum atomic E-state index is -0.239. The van der Waals surface area contributed by atoms with Gasteiger partial charge < -0.3 is 4.74 Å². The summed E-state index contributed by atoms with van der Waals surface area (Å²) in [5.41, 5.74) is 2.56. The van der Waals surface area contributed by atoms with Gasteiger partial charge in [0.25, 0.3) is 0 Å². The molecule has 0 saturated heterocycles. The smallest absolute Gasteiger partial charge is 0.137 e. The molecule has 1 aliphatic rings. The van der Waals surface area contributed by atoms with Gasteiger partial charge in [0.1, 0.15) is 5.82 Å². The van der Waals surface area contributed by atoms with Gasteiger partial charge in [-0.25, -0.2) is 4.39 Å². The van der Waals surface area contributed by atoms with E-state index in [4.69, 9.17) is 4.74 Å². The quantitative estimate of drug-likeness (QED) is 0.760. The van der Waals surface area contributed by atoms with Crippen molar-refractivity contribution < 1.29 is 9.13 Å². The molecule has 2 aromatic rings. The van der Waals surface area contributed by atoms with E-state index in [-0.39, 0.29) is 11.2 Å². The number of hydrogen-bond acceptors (Lipinski definition) is 1. The lowest BCUT2D eigenvalue weighted by Crippen LogP contribution is -2.15. The summed E-state index contributed by atoms with van der Waals surface area (Å²) in [5.74, 6) is -0.239. The molecule has 104 valence electrons. The van der Waals surface area contributed by atoms with Crippen LogP contribution in [0.4, 0.5) is 4.39 Å². The number of benzene rings is 2. The Balaban J connectivity index is 1.59. The molecule has 2 aromatic carbocycles. The van der Waals surface area contributed by atoms with Crippen molar-refractivity contribution in [2.24, 2.45) is 0 Å². The molecule has 0 aromatic heterocycles. The standard InChI is InChI=1S/C17H16BrFO/c18-15-10-13(6-7-16(15)19)11-20-12-17(8-9-17)14-4-2-1-3-5-14/h1-7,10H,8-9,11-12H2. The Kier molecular flexibility index (Phi) is 3.90. The van der Waals surface area contributed by atoms with E-state index in [1.807, 2.05) is 6.07 Å². The Labute approximate surface area is 126 Å². The van der Waals surface area contributed by atoms with Crippen LogP contribution in [-0.4, -0.2) is 6.61 Å². The van der Waals surface area contributed by atoms with Gasteiger partial charge in [-0.2, -0.15) is 0 Å². The van der Waals surface area contributed by atoms with Crippen LogP contribution in [0.15, 0.2) is 53.0 Å². The third kappa shape index (κ3) is 2.94. The first-order chi connectivity index (χ1) is 9.70. The van der Waals surface area contributed by atoms with Crippen LogP contribution in [0.1, 0.15) is 24.0 Å². The molecule has 1 saturated carbocycles. The number of rotatable bonds is 5. The van der Waals surface area contributed by atoms with Crippen molar-refractivity contribution >= 4 is 15.9 Å². The van der Waals surface area contributed by atoms with Crippen molar-refractivity contribution in [2.75, 3.05) is 6.61 Å². The highest BCUT2D eigenvalue weighted by Crippen LogP contribution is 2.48. The Morgan fingerprint density at radius 2 is 1.85 bits per heavy atom. The lowest BCUT2D eigenvalue weighted by Gasteiger charge is -2.16. The maximum absolute atomic E-state index is 13.2. The van der Waals surface area contributed by atoms with Crippen molar-refractivity contribution in [3.63, 3.8) is 0 Å². The molecule has 1 fully saturated rings. The van der Waals surface area contributed by atoms with Crippen LogP contribution >= 0.6 is 15.9 Å². The zero-order valence-electron chi connectivity index (χ0n) is 11.1. The van der Waals surface area contributed by atoms with Gasteiger partial charge in [-0.05, 0) is 52.0 Å². The molecule has 0 aliphatic heterocycles. The molecule has 3 rings (SSSR count). The molecule has 0 atom stereocenters. The number of halogens is 2. The van der Waals surface area contributed by atoms with E-state index in [1.165, 1.54) is 24.5 Å². The topological polar surface area (TPSA) is 9.23 Å². The van der Waals surface area contributed by atoms with Crippen LogP contribution in [0, 0.1) is 5.82 Å². The van der Waals surface area contributed by atoms with Gasteiger partial charge in [0.15, 0.2) is 0 Å². The van der Waals surface area contributed by atoms with E-state index in [1.54, 1.807) is 12.1 Å². The second kappa shape index (κ2) is 5.66. The van der Waals surface area contributed by atoms with Gasteiger partial charge in [0.2, 0.25) is 0 Å². The lowest BCUT2D eigenvalue weighted by molar-refractivity contribution is 0.100. The van der Waals surface area contributed by atoms with Gasteiger partial charge in [0.05, 0.1) is 17.7 Å². The number of hydrogen-bond donors (Lipinski definition) is 0. The van der Waals surface area contributed by atoms with E-state index < -0.39 is 0 Å². The molecular formula is C17H16BrFO. The highest BCUT2D eigenvalue weighted by Gasteiger charge is 2.44. The molecule has 1 nitrogen and oxygen atoms in total. The molecule has 0 bridgehead atoms. The molecular weight excluding hydrogens is 319 g/mol. The summed E-state index contributed by atoms with van der Waals surface area (Å²) >= 11 is 3.20. The minimum Gasteiger partial charge on any atom is -0.376 e. The summed E-state index contributed by atoms with van der Waals surface area (Å²) in [4.78, 5) is 0. The Morgan fingerprint density at radius 3 is 2.50 bits per heavy atom. The van der Waals surface area contributed by atoms with E-state index >= 15 is 0 Å². The molecule has 20 heavy (non-hydrogen) atoms. The second-order valence-corrected chi connectivity index (χ2v) is 6.24. The summed E-state index contributed by atoms with van der Waals surface area (Å²) in [6, 6.07) is 15.5. The highest BCUT2D eigenvalue weighted by atomic mass is 79.9. The second-order valence-electron chi connectivity index (χ2n) is 5.39. The van der Waals surface area contributed by atoms with E-state index in [9.17, 15) is 4.39 Å². The predicted octanol–water partition coefficient (Wildman–Crippen LogP) is 4.84. The molecule has 0 radical (unpaired) electrons. The molecule has 1 aliphatic carbocycles. The lowest BCUT2D eigenvalue weighted by atomic mass is 9.97. The van der Waals surface area contributed by atoms with Crippen molar-refractivity contribution in [3.8, 4) is 0 Å². The monoisotopic (exact) mass is 334 g/mol. The van der Waals surface area contributed by atoms with Crippen LogP contribution in [0.3, 0.4) is 0 Å². The van der Waals surface area contributed by atoms with E-state index in [0.717, 1.165) is 12.2 Å². The fraction of sp³-hybridized carbons (Fsp3) is 0.294. The van der Waals surface area contributed by atoms with Crippen LogP contribution in [-0.2, 0) is 16.8 Å².